The van der Waals surface area contributed by atoms with Crippen molar-refractivity contribution in [1.82, 2.24) is 19.0 Å². The summed E-state index contributed by atoms with van der Waals surface area (Å²) in [6.45, 7) is -0.0502. The first-order valence-corrected chi connectivity index (χ1v) is 14.4. The molecule has 4 heterocycles. The molecule has 0 aliphatic carbocycles. The summed E-state index contributed by atoms with van der Waals surface area (Å²) in [5.74, 6) is -5.13. The number of carbonyl (C=O) groups excluding carboxylic acids is 2. The Labute approximate surface area is 246 Å². The van der Waals surface area contributed by atoms with Crippen molar-refractivity contribution in [1.29, 1.82) is 0 Å². The molecule has 17 heteroatoms. The topological polar surface area (TPSA) is 117 Å². The fraction of sp³-hybridized carbons (Fsp3) is 0.346. The van der Waals surface area contributed by atoms with Crippen LogP contribution < -0.4 is 21.4 Å². The number of aromatic nitrogens is 3. The van der Waals surface area contributed by atoms with Crippen molar-refractivity contribution < 1.29 is 36.3 Å². The maximum absolute atomic E-state index is 15.1. The molecule has 5 rings (SSSR count). The largest absolute Gasteiger partial charge is 0.443 e. The predicted octanol–water partition coefficient (Wildman–Crippen LogP) is 3.05. The van der Waals surface area contributed by atoms with Crippen molar-refractivity contribution in [3.63, 3.8) is 0 Å². The average molecular weight is 644 g/mol. The monoisotopic (exact) mass is 643 g/mol. The average Bonchev–Trinajstić information content (AvgIpc) is 3.70. The van der Waals surface area contributed by atoms with Crippen molar-refractivity contribution in [3.05, 3.63) is 71.3 Å². The van der Waals surface area contributed by atoms with Gasteiger partial charge in [-0.2, -0.15) is 18.2 Å². The molecular weight excluding hydrogens is 621 g/mol. The van der Waals surface area contributed by atoms with Crippen LogP contribution in [0.25, 0.3) is 21.5 Å². The van der Waals surface area contributed by atoms with E-state index in [-0.39, 0.29) is 22.3 Å². The van der Waals surface area contributed by atoms with Crippen LogP contribution in [0.3, 0.4) is 0 Å². The number of amides is 1. The van der Waals surface area contributed by atoms with Gasteiger partial charge in [0, 0.05) is 25.0 Å². The number of hydrogen-bond donors (Lipinski definition) is 1. The number of benzene rings is 1. The molecule has 1 aromatic carbocycles. The van der Waals surface area contributed by atoms with E-state index in [1.165, 1.54) is 29.4 Å². The van der Waals surface area contributed by atoms with Gasteiger partial charge in [-0.3, -0.25) is 28.1 Å². The van der Waals surface area contributed by atoms with Gasteiger partial charge in [0.25, 0.3) is 11.5 Å². The minimum atomic E-state index is -5.33. The van der Waals surface area contributed by atoms with Crippen LogP contribution in [0.4, 0.5) is 22.0 Å². The second kappa shape index (κ2) is 11.6. The first-order chi connectivity index (χ1) is 20.3. The lowest BCUT2D eigenvalue weighted by atomic mass is 10.1. The predicted molar refractivity (Wildman–Crippen MR) is 146 cm³/mol. The molecule has 3 aromatic heterocycles. The number of thiazole rings is 1. The van der Waals surface area contributed by atoms with E-state index in [1.807, 2.05) is 0 Å². The van der Waals surface area contributed by atoms with Crippen LogP contribution >= 0.6 is 22.7 Å². The number of esters is 1. The molecule has 1 N–H and O–H groups in total. The zero-order chi connectivity index (χ0) is 31.2. The molecule has 0 saturated carbocycles. The number of hydrogen-bond acceptors (Lipinski definition) is 8. The highest BCUT2D eigenvalue weighted by atomic mass is 32.1. The van der Waals surface area contributed by atoms with E-state index in [1.54, 1.807) is 0 Å². The van der Waals surface area contributed by atoms with E-state index < -0.39 is 64.8 Å². The highest BCUT2D eigenvalue weighted by Gasteiger charge is 2.39. The lowest BCUT2D eigenvalue weighted by molar-refractivity contribution is -0.149. The Bertz CT molecular complexity index is 1950. The highest BCUT2D eigenvalue weighted by molar-refractivity contribution is 7.17. The highest BCUT2D eigenvalue weighted by Crippen LogP contribution is 2.37. The number of rotatable bonds is 6. The Morgan fingerprint density at radius 3 is 2.53 bits per heavy atom. The van der Waals surface area contributed by atoms with Crippen molar-refractivity contribution in [2.45, 2.75) is 38.2 Å². The van der Waals surface area contributed by atoms with Gasteiger partial charge in [0.2, 0.25) is 0 Å². The van der Waals surface area contributed by atoms with Crippen molar-refractivity contribution in [3.8, 4) is 11.3 Å². The summed E-state index contributed by atoms with van der Waals surface area (Å²) in [4.78, 5) is 54.9. The first kappa shape index (κ1) is 30.5. The second-order valence-electron chi connectivity index (χ2n) is 9.68. The third-order valence-corrected chi connectivity index (χ3v) is 8.90. The maximum Gasteiger partial charge on any atom is 0.422 e. The molecule has 1 aliphatic heterocycles. The van der Waals surface area contributed by atoms with Crippen LogP contribution in [-0.2, 0) is 47.7 Å². The lowest BCUT2D eigenvalue weighted by Crippen LogP contribution is -2.36. The summed E-state index contributed by atoms with van der Waals surface area (Å²) in [6, 6.07) is 0.659. The van der Waals surface area contributed by atoms with Crippen LogP contribution in [0.1, 0.15) is 24.0 Å². The fourth-order valence-corrected chi connectivity index (χ4v) is 6.68. The summed E-state index contributed by atoms with van der Waals surface area (Å²) in [5, 5.41) is 5.84. The number of fused-ring (bicyclic) bond motifs is 1. The summed E-state index contributed by atoms with van der Waals surface area (Å²) < 4.78 is 78.0. The zero-order valence-electron chi connectivity index (χ0n) is 22.5. The lowest BCUT2D eigenvalue weighted by Gasteiger charge is -2.15. The molecule has 0 bridgehead atoms. The molecule has 228 valence electrons. The van der Waals surface area contributed by atoms with E-state index >= 15 is 4.39 Å². The van der Waals surface area contributed by atoms with Crippen LogP contribution in [0.5, 0.6) is 0 Å². The number of ether oxygens (including phenoxy) is 1. The fourth-order valence-electron chi connectivity index (χ4n) is 4.75. The van der Waals surface area contributed by atoms with Gasteiger partial charge in [-0.1, -0.05) is 0 Å². The van der Waals surface area contributed by atoms with Crippen LogP contribution in [0.15, 0.2) is 37.5 Å². The molecule has 1 aliphatic rings. The summed E-state index contributed by atoms with van der Waals surface area (Å²) >= 11 is 1.84. The molecule has 0 spiro atoms. The Morgan fingerprint density at radius 1 is 1.12 bits per heavy atom. The van der Waals surface area contributed by atoms with E-state index in [9.17, 15) is 36.7 Å². The number of thiophene rings is 1. The summed E-state index contributed by atoms with van der Waals surface area (Å²) in [6.07, 6.45) is -4.49. The molecule has 1 amide bonds. The summed E-state index contributed by atoms with van der Waals surface area (Å²) in [7, 11) is 2.78. The van der Waals surface area contributed by atoms with Gasteiger partial charge in [0.05, 0.1) is 17.5 Å². The number of nitrogens with zero attached hydrogens (tertiary/aromatic N) is 4. The number of aryl methyl sites for hydroxylation is 1. The molecule has 43 heavy (non-hydrogen) atoms. The normalized spacial score (nSPS) is 15.9. The number of halogens is 5. The van der Waals surface area contributed by atoms with E-state index in [0.29, 0.717) is 29.4 Å². The Balaban J connectivity index is 1.56. The minimum absolute atomic E-state index is 0.149. The molecule has 0 unspecified atom stereocenters. The second-order valence-corrected chi connectivity index (χ2v) is 11.4. The number of alkyl halides is 3. The Hall–Kier alpha value is -3.96. The van der Waals surface area contributed by atoms with Crippen LogP contribution in [-0.4, -0.2) is 38.2 Å². The molecule has 4 aromatic rings. The SMILES string of the molecule is Cn1c(=O)c2c(CC(=O)N=c3scc(-c4ccc(F)c(C(F)(F)F)c4F)n3COC(=O)[C@@H]3CCCN3)csc2n(C)c1=O. The van der Waals surface area contributed by atoms with Gasteiger partial charge in [0.15, 0.2) is 11.5 Å². The Kier molecular flexibility index (Phi) is 8.24. The summed E-state index contributed by atoms with van der Waals surface area (Å²) in [5.41, 5.74) is -3.83. The third-order valence-electron chi connectivity index (χ3n) is 6.94. The minimum Gasteiger partial charge on any atom is -0.443 e. The molecule has 0 radical (unpaired) electrons. The molecule has 10 nitrogen and oxygen atoms in total. The zero-order valence-corrected chi connectivity index (χ0v) is 24.1. The van der Waals surface area contributed by atoms with Gasteiger partial charge in [-0.15, -0.1) is 22.7 Å². The number of carbonyl (C=O) groups is 2. The maximum atomic E-state index is 15.1. The quantitative estimate of drug-likeness (QED) is 0.255. The molecule has 1 atom stereocenters. The van der Waals surface area contributed by atoms with Gasteiger partial charge in [-0.05, 0) is 42.5 Å². The van der Waals surface area contributed by atoms with Crippen molar-refractivity contribution >= 4 is 44.8 Å². The van der Waals surface area contributed by atoms with E-state index in [0.717, 1.165) is 44.3 Å². The van der Waals surface area contributed by atoms with Crippen molar-refractivity contribution in [2.24, 2.45) is 19.1 Å². The van der Waals surface area contributed by atoms with Gasteiger partial charge < -0.3 is 10.1 Å². The molecule has 1 saturated heterocycles. The first-order valence-electron chi connectivity index (χ1n) is 12.7. The molecule has 1 fully saturated rings. The Morgan fingerprint density at radius 2 is 1.86 bits per heavy atom. The van der Waals surface area contributed by atoms with Gasteiger partial charge in [0.1, 0.15) is 28.1 Å². The smallest absolute Gasteiger partial charge is 0.422 e. The van der Waals surface area contributed by atoms with Gasteiger partial charge >= 0.3 is 17.8 Å². The third kappa shape index (κ3) is 5.71. The van der Waals surface area contributed by atoms with E-state index in [2.05, 4.69) is 10.3 Å². The molecular formula is C26H22F5N5O5S2. The van der Waals surface area contributed by atoms with Crippen LogP contribution in [0, 0.1) is 11.6 Å². The standard InChI is InChI=1S/C26H22F5N5O5S2/c1-34-21(38)18-12(9-42-22(18)35(2)25(34)40)8-17(37)33-24-36(11-41-23(39)15-4-3-7-32-15)16(10-43-24)13-5-6-14(27)19(20(13)28)26(29,30)31/h5-6,9-10,15,32H,3-4,7-8,11H2,1-2H3/t15-/m0/s1. The number of nitrogens with one attached hydrogen (secondary N) is 1. The van der Waals surface area contributed by atoms with E-state index in [4.69, 9.17) is 4.74 Å². The van der Waals surface area contributed by atoms with Crippen LogP contribution in [0.2, 0.25) is 0 Å². The van der Waals surface area contributed by atoms with Crippen molar-refractivity contribution in [2.75, 3.05) is 6.54 Å². The van der Waals surface area contributed by atoms with Gasteiger partial charge in [-0.25, -0.2) is 13.6 Å².